The summed E-state index contributed by atoms with van der Waals surface area (Å²) in [6.45, 7) is 1.66. The molecule has 2 N–H and O–H groups in total. The predicted octanol–water partition coefficient (Wildman–Crippen LogP) is 2.55. The summed E-state index contributed by atoms with van der Waals surface area (Å²) in [7, 11) is 0. The van der Waals surface area contributed by atoms with Gasteiger partial charge in [-0.25, -0.2) is 4.39 Å². The van der Waals surface area contributed by atoms with Gasteiger partial charge in [-0.2, -0.15) is 0 Å². The number of hydrazine groups is 1. The molecule has 0 radical (unpaired) electrons. The molecule has 0 heterocycles. The number of halogens is 1. The quantitative estimate of drug-likeness (QED) is 0.800. The Hall–Kier alpha value is -2.89. The summed E-state index contributed by atoms with van der Waals surface area (Å²) in [5, 5.41) is 0. The number of amides is 2. The second-order valence-corrected chi connectivity index (χ2v) is 5.35. The Morgan fingerprint density at radius 3 is 2.29 bits per heavy atom. The van der Waals surface area contributed by atoms with Crippen LogP contribution in [0.5, 0.6) is 5.75 Å². The topological polar surface area (TPSA) is 67.4 Å². The minimum absolute atomic E-state index is 0.0403. The molecule has 0 fully saturated rings. The zero-order valence-corrected chi connectivity index (χ0v) is 13.3. The van der Waals surface area contributed by atoms with Gasteiger partial charge in [0.25, 0.3) is 5.91 Å². The Balaban J connectivity index is 1.69. The van der Waals surface area contributed by atoms with Crippen molar-refractivity contribution in [3.63, 3.8) is 0 Å². The van der Waals surface area contributed by atoms with Crippen LogP contribution in [0.15, 0.2) is 54.6 Å². The fraction of sp³-hybridized carbons (Fsp3) is 0.222. The van der Waals surface area contributed by atoms with Crippen molar-refractivity contribution in [2.45, 2.75) is 19.3 Å². The van der Waals surface area contributed by atoms with Gasteiger partial charge in [0.2, 0.25) is 5.91 Å². The van der Waals surface area contributed by atoms with Gasteiger partial charge < -0.3 is 4.74 Å². The average molecular weight is 330 g/mol. The first-order chi connectivity index (χ1) is 11.5. The van der Waals surface area contributed by atoms with Crippen LogP contribution in [0.4, 0.5) is 4.39 Å². The van der Waals surface area contributed by atoms with E-state index in [4.69, 9.17) is 4.74 Å². The van der Waals surface area contributed by atoms with Gasteiger partial charge in [-0.3, -0.25) is 20.4 Å². The Kier molecular flexibility index (Phi) is 6.31. The fourth-order valence-corrected chi connectivity index (χ4v) is 2.08. The summed E-state index contributed by atoms with van der Waals surface area (Å²) in [5.41, 5.74) is 5.69. The molecule has 0 spiro atoms. The van der Waals surface area contributed by atoms with Crippen LogP contribution in [0.1, 0.15) is 24.8 Å². The normalized spacial score (nSPS) is 11.4. The van der Waals surface area contributed by atoms with Crippen molar-refractivity contribution in [3.8, 4) is 5.75 Å². The molecular weight excluding hydrogens is 311 g/mol. The third-order valence-electron chi connectivity index (χ3n) is 3.39. The summed E-state index contributed by atoms with van der Waals surface area (Å²) in [5.74, 6) is -0.762. The van der Waals surface area contributed by atoms with Crippen LogP contribution in [0, 0.1) is 5.82 Å². The summed E-state index contributed by atoms with van der Waals surface area (Å²) >= 11 is 0. The van der Waals surface area contributed by atoms with E-state index in [0.29, 0.717) is 5.75 Å². The summed E-state index contributed by atoms with van der Waals surface area (Å²) in [4.78, 5) is 23.5. The SMILES string of the molecule is C[C@@H](CC(=O)NNC(=O)COc1ccc(F)cc1)c1ccccc1. The van der Waals surface area contributed by atoms with Crippen LogP contribution in [-0.4, -0.2) is 18.4 Å². The number of carbonyl (C=O) groups excluding carboxylic acids is 2. The number of rotatable bonds is 6. The smallest absolute Gasteiger partial charge is 0.276 e. The molecule has 0 aliphatic heterocycles. The van der Waals surface area contributed by atoms with E-state index >= 15 is 0 Å². The van der Waals surface area contributed by atoms with Gasteiger partial charge in [-0.1, -0.05) is 37.3 Å². The first kappa shape index (κ1) is 17.5. The Morgan fingerprint density at radius 2 is 1.62 bits per heavy atom. The van der Waals surface area contributed by atoms with E-state index in [1.807, 2.05) is 37.3 Å². The molecule has 0 bridgehead atoms. The Labute approximate surface area is 139 Å². The second kappa shape index (κ2) is 8.67. The maximum atomic E-state index is 12.7. The molecular formula is C18H19FN2O3. The molecule has 24 heavy (non-hydrogen) atoms. The van der Waals surface area contributed by atoms with E-state index in [2.05, 4.69) is 10.9 Å². The molecule has 0 unspecified atom stereocenters. The highest BCUT2D eigenvalue weighted by Crippen LogP contribution is 2.17. The van der Waals surface area contributed by atoms with E-state index in [9.17, 15) is 14.0 Å². The third kappa shape index (κ3) is 5.72. The molecule has 1 atom stereocenters. The molecule has 2 rings (SSSR count). The van der Waals surface area contributed by atoms with Crippen molar-refractivity contribution in [1.82, 2.24) is 10.9 Å². The number of carbonyl (C=O) groups is 2. The average Bonchev–Trinajstić information content (AvgIpc) is 2.60. The number of hydrogen-bond donors (Lipinski definition) is 2. The largest absolute Gasteiger partial charge is 0.484 e. The van der Waals surface area contributed by atoms with Crippen LogP contribution in [-0.2, 0) is 9.59 Å². The van der Waals surface area contributed by atoms with Crippen LogP contribution in [0.25, 0.3) is 0 Å². The van der Waals surface area contributed by atoms with Gasteiger partial charge in [0, 0.05) is 6.42 Å². The van der Waals surface area contributed by atoms with Gasteiger partial charge in [0.15, 0.2) is 6.61 Å². The zero-order chi connectivity index (χ0) is 17.4. The first-order valence-electron chi connectivity index (χ1n) is 7.55. The van der Waals surface area contributed by atoms with Gasteiger partial charge in [-0.15, -0.1) is 0 Å². The molecule has 2 amide bonds. The highest BCUT2D eigenvalue weighted by Gasteiger charge is 2.12. The third-order valence-corrected chi connectivity index (χ3v) is 3.39. The van der Waals surface area contributed by atoms with Crippen LogP contribution in [0.3, 0.4) is 0 Å². The maximum absolute atomic E-state index is 12.7. The predicted molar refractivity (Wildman–Crippen MR) is 87.7 cm³/mol. The molecule has 0 aliphatic rings. The molecule has 0 aliphatic carbocycles. The molecule has 126 valence electrons. The minimum atomic E-state index is -0.500. The molecule has 2 aromatic rings. The second-order valence-electron chi connectivity index (χ2n) is 5.35. The Bertz CT molecular complexity index is 674. The summed E-state index contributed by atoms with van der Waals surface area (Å²) in [6.07, 6.45) is 0.253. The van der Waals surface area contributed by atoms with E-state index < -0.39 is 5.91 Å². The lowest BCUT2D eigenvalue weighted by Crippen LogP contribution is -2.44. The molecule has 0 aromatic heterocycles. The minimum Gasteiger partial charge on any atom is -0.484 e. The highest BCUT2D eigenvalue weighted by atomic mass is 19.1. The molecule has 0 saturated heterocycles. The lowest BCUT2D eigenvalue weighted by Gasteiger charge is -2.13. The van der Waals surface area contributed by atoms with Gasteiger partial charge in [-0.05, 0) is 35.7 Å². The van der Waals surface area contributed by atoms with E-state index in [-0.39, 0.29) is 30.7 Å². The summed E-state index contributed by atoms with van der Waals surface area (Å²) in [6, 6.07) is 15.0. The van der Waals surface area contributed by atoms with E-state index in [0.717, 1.165) is 5.56 Å². The lowest BCUT2D eigenvalue weighted by molar-refractivity contribution is -0.130. The molecule has 2 aromatic carbocycles. The van der Waals surface area contributed by atoms with Crippen molar-refractivity contribution < 1.29 is 18.7 Å². The Morgan fingerprint density at radius 1 is 1.00 bits per heavy atom. The number of nitrogens with one attached hydrogen (secondary N) is 2. The standard InChI is InChI=1S/C18H19FN2O3/c1-13(14-5-3-2-4-6-14)11-17(22)20-21-18(23)12-24-16-9-7-15(19)8-10-16/h2-10,13H,11-12H2,1H3,(H,20,22)(H,21,23)/t13-/m0/s1. The zero-order valence-electron chi connectivity index (χ0n) is 13.3. The number of benzene rings is 2. The molecule has 0 saturated carbocycles. The van der Waals surface area contributed by atoms with Crippen molar-refractivity contribution in [3.05, 3.63) is 66.0 Å². The van der Waals surface area contributed by atoms with Gasteiger partial charge in [0.1, 0.15) is 11.6 Å². The number of hydrogen-bond acceptors (Lipinski definition) is 3. The van der Waals surface area contributed by atoms with Crippen LogP contribution < -0.4 is 15.6 Å². The van der Waals surface area contributed by atoms with Gasteiger partial charge >= 0.3 is 0 Å². The van der Waals surface area contributed by atoms with Crippen molar-refractivity contribution in [1.29, 1.82) is 0 Å². The maximum Gasteiger partial charge on any atom is 0.276 e. The van der Waals surface area contributed by atoms with Crippen LogP contribution in [0.2, 0.25) is 0 Å². The van der Waals surface area contributed by atoms with Gasteiger partial charge in [0.05, 0.1) is 0 Å². The van der Waals surface area contributed by atoms with E-state index in [1.54, 1.807) is 0 Å². The van der Waals surface area contributed by atoms with E-state index in [1.165, 1.54) is 24.3 Å². The summed E-state index contributed by atoms with van der Waals surface area (Å²) < 4.78 is 17.9. The monoisotopic (exact) mass is 330 g/mol. The number of ether oxygens (including phenoxy) is 1. The molecule has 6 heteroatoms. The van der Waals surface area contributed by atoms with Crippen molar-refractivity contribution in [2.75, 3.05) is 6.61 Å². The first-order valence-corrected chi connectivity index (χ1v) is 7.55. The van der Waals surface area contributed by atoms with Crippen LogP contribution >= 0.6 is 0 Å². The molecule has 5 nitrogen and oxygen atoms in total. The van der Waals surface area contributed by atoms with Crippen molar-refractivity contribution in [2.24, 2.45) is 0 Å². The fourth-order valence-electron chi connectivity index (χ4n) is 2.08. The highest BCUT2D eigenvalue weighted by molar-refractivity contribution is 5.83. The van der Waals surface area contributed by atoms with Crippen molar-refractivity contribution >= 4 is 11.8 Å². The lowest BCUT2D eigenvalue weighted by atomic mass is 9.98.